The first-order chi connectivity index (χ1) is 13.6. The lowest BCUT2D eigenvalue weighted by Gasteiger charge is -2.11. The summed E-state index contributed by atoms with van der Waals surface area (Å²) in [6.07, 6.45) is 0. The Bertz CT molecular complexity index is 1180. The van der Waals surface area contributed by atoms with Crippen LogP contribution in [0.4, 0.5) is 14.5 Å². The molecule has 2 aromatic carbocycles. The number of thiazole rings is 1. The summed E-state index contributed by atoms with van der Waals surface area (Å²) in [4.78, 5) is 16.6. The van der Waals surface area contributed by atoms with Crippen molar-refractivity contribution in [3.05, 3.63) is 64.8 Å². The van der Waals surface area contributed by atoms with E-state index in [4.69, 9.17) is 5.14 Å². The van der Waals surface area contributed by atoms with Crippen LogP contribution in [-0.4, -0.2) is 19.3 Å². The van der Waals surface area contributed by atoms with Crippen molar-refractivity contribution in [3.63, 3.8) is 0 Å². The van der Waals surface area contributed by atoms with E-state index < -0.39 is 33.5 Å². The van der Waals surface area contributed by atoms with Crippen LogP contribution in [-0.2, 0) is 14.8 Å². The van der Waals surface area contributed by atoms with Gasteiger partial charge in [0.25, 0.3) is 0 Å². The van der Waals surface area contributed by atoms with Crippen molar-refractivity contribution < 1.29 is 22.0 Å². The smallest absolute Gasteiger partial charge is 0.249 e. The lowest BCUT2D eigenvalue weighted by molar-refractivity contribution is -0.117. The SMILES string of the molecule is Cc1nc(C(C)C(=O)Nc2ccc(-c3cc(F)ccc3F)cc2)sc1S(N)(=O)=O. The number of halogens is 2. The standard InChI is InChI=1S/C19H17F2N3O3S2/c1-10(18-23-11(2)19(28-18)29(22,26)27)17(25)24-14-6-3-12(4-7-14)15-9-13(20)5-8-16(15)21/h3-10H,1-2H3,(H,24,25)(H2,22,26,27). The molecule has 0 saturated heterocycles. The summed E-state index contributed by atoms with van der Waals surface area (Å²) >= 11 is 0.854. The number of nitrogens with zero attached hydrogens (tertiary/aromatic N) is 1. The van der Waals surface area contributed by atoms with Crippen LogP contribution >= 0.6 is 11.3 Å². The highest BCUT2D eigenvalue weighted by Crippen LogP contribution is 2.29. The summed E-state index contributed by atoms with van der Waals surface area (Å²) < 4.78 is 50.3. The Morgan fingerprint density at radius 2 is 1.83 bits per heavy atom. The van der Waals surface area contributed by atoms with Gasteiger partial charge in [0.2, 0.25) is 15.9 Å². The average Bonchev–Trinajstić information content (AvgIpc) is 3.06. The van der Waals surface area contributed by atoms with Gasteiger partial charge in [-0.15, -0.1) is 11.3 Å². The quantitative estimate of drug-likeness (QED) is 0.634. The van der Waals surface area contributed by atoms with Crippen LogP contribution < -0.4 is 10.5 Å². The number of sulfonamides is 1. The highest BCUT2D eigenvalue weighted by Gasteiger charge is 2.24. The minimum atomic E-state index is -3.90. The Labute approximate surface area is 170 Å². The number of primary sulfonamides is 1. The molecular weight excluding hydrogens is 420 g/mol. The lowest BCUT2D eigenvalue weighted by Crippen LogP contribution is -2.18. The Balaban J connectivity index is 1.76. The monoisotopic (exact) mass is 437 g/mol. The zero-order chi connectivity index (χ0) is 21.3. The number of benzene rings is 2. The van der Waals surface area contributed by atoms with Crippen LogP contribution in [0.5, 0.6) is 0 Å². The molecule has 0 saturated carbocycles. The second kappa shape index (κ2) is 7.97. The predicted octanol–water partition coefficient (Wildman–Crippen LogP) is 3.79. The van der Waals surface area contributed by atoms with Crippen LogP contribution in [0.2, 0.25) is 0 Å². The Kier molecular flexibility index (Phi) is 5.78. The van der Waals surface area contributed by atoms with E-state index in [9.17, 15) is 22.0 Å². The van der Waals surface area contributed by atoms with Gasteiger partial charge >= 0.3 is 0 Å². The number of hydrogen-bond donors (Lipinski definition) is 2. The van der Waals surface area contributed by atoms with E-state index in [1.807, 2.05) is 0 Å². The third kappa shape index (κ3) is 4.66. The van der Waals surface area contributed by atoms with E-state index in [2.05, 4.69) is 10.3 Å². The second-order valence-electron chi connectivity index (χ2n) is 6.38. The van der Waals surface area contributed by atoms with Gasteiger partial charge in [-0.3, -0.25) is 4.79 Å². The lowest BCUT2D eigenvalue weighted by atomic mass is 10.0. The van der Waals surface area contributed by atoms with E-state index in [-0.39, 0.29) is 15.5 Å². The van der Waals surface area contributed by atoms with Gasteiger partial charge < -0.3 is 5.32 Å². The molecule has 6 nitrogen and oxygen atoms in total. The molecule has 1 atom stereocenters. The van der Waals surface area contributed by atoms with Gasteiger partial charge in [-0.1, -0.05) is 12.1 Å². The number of rotatable bonds is 5. The number of carbonyl (C=O) groups excluding carboxylic acids is 1. The molecule has 3 rings (SSSR count). The van der Waals surface area contributed by atoms with Crippen molar-refractivity contribution in [1.29, 1.82) is 0 Å². The molecule has 0 aliphatic heterocycles. The number of nitrogens with two attached hydrogens (primary N) is 1. The fourth-order valence-corrected chi connectivity index (χ4v) is 4.69. The van der Waals surface area contributed by atoms with Crippen LogP contribution in [0, 0.1) is 18.6 Å². The van der Waals surface area contributed by atoms with Gasteiger partial charge in [0.1, 0.15) is 16.6 Å². The van der Waals surface area contributed by atoms with Crippen LogP contribution in [0.1, 0.15) is 23.5 Å². The zero-order valence-corrected chi connectivity index (χ0v) is 17.1. The third-order valence-electron chi connectivity index (χ3n) is 4.18. The molecule has 152 valence electrons. The van der Waals surface area contributed by atoms with E-state index >= 15 is 0 Å². The molecule has 10 heteroatoms. The second-order valence-corrected chi connectivity index (χ2v) is 9.17. The molecule has 3 aromatic rings. The van der Waals surface area contributed by atoms with Gasteiger partial charge in [0, 0.05) is 11.3 Å². The highest BCUT2D eigenvalue weighted by atomic mass is 32.2. The minimum Gasteiger partial charge on any atom is -0.325 e. The van der Waals surface area contributed by atoms with Crippen LogP contribution in [0.25, 0.3) is 11.1 Å². The molecule has 0 fully saturated rings. The number of aromatic nitrogens is 1. The minimum absolute atomic E-state index is 0.0753. The van der Waals surface area contributed by atoms with Gasteiger partial charge in [0.05, 0.1) is 11.6 Å². The molecule has 1 heterocycles. The molecule has 0 bridgehead atoms. The summed E-state index contributed by atoms with van der Waals surface area (Å²) in [5.74, 6) is -2.22. The number of hydrogen-bond acceptors (Lipinski definition) is 5. The van der Waals surface area contributed by atoms with Crippen molar-refractivity contribution in [2.24, 2.45) is 5.14 Å². The van der Waals surface area contributed by atoms with E-state index in [0.717, 1.165) is 29.5 Å². The predicted molar refractivity (Wildman–Crippen MR) is 107 cm³/mol. The fraction of sp³-hybridized carbons (Fsp3) is 0.158. The summed E-state index contributed by atoms with van der Waals surface area (Å²) in [7, 11) is -3.90. The van der Waals surface area contributed by atoms with Gasteiger partial charge in [-0.25, -0.2) is 27.3 Å². The molecule has 1 amide bonds. The number of amides is 1. The van der Waals surface area contributed by atoms with Crippen molar-refractivity contribution in [1.82, 2.24) is 4.98 Å². The molecule has 3 N–H and O–H groups in total. The van der Waals surface area contributed by atoms with E-state index in [0.29, 0.717) is 16.3 Å². The highest BCUT2D eigenvalue weighted by molar-refractivity contribution is 7.91. The van der Waals surface area contributed by atoms with Crippen molar-refractivity contribution in [3.8, 4) is 11.1 Å². The molecule has 0 aliphatic carbocycles. The summed E-state index contributed by atoms with van der Waals surface area (Å²) in [5.41, 5.74) is 1.27. The van der Waals surface area contributed by atoms with Gasteiger partial charge in [0.15, 0.2) is 4.21 Å². The third-order valence-corrected chi connectivity index (χ3v) is 7.08. The summed E-state index contributed by atoms with van der Waals surface area (Å²) in [5, 5.41) is 8.16. The Morgan fingerprint density at radius 1 is 1.17 bits per heavy atom. The fourth-order valence-electron chi connectivity index (χ4n) is 2.67. The maximum atomic E-state index is 13.9. The molecule has 1 unspecified atom stereocenters. The van der Waals surface area contributed by atoms with Crippen LogP contribution in [0.3, 0.4) is 0 Å². The van der Waals surface area contributed by atoms with E-state index in [1.54, 1.807) is 31.2 Å². The largest absolute Gasteiger partial charge is 0.325 e. The molecular formula is C19H17F2N3O3S2. The first-order valence-electron chi connectivity index (χ1n) is 8.42. The number of carbonyl (C=O) groups is 1. The topological polar surface area (TPSA) is 102 Å². The molecule has 29 heavy (non-hydrogen) atoms. The molecule has 1 aromatic heterocycles. The maximum absolute atomic E-state index is 13.9. The average molecular weight is 437 g/mol. The Hall–Kier alpha value is -2.69. The van der Waals surface area contributed by atoms with Crippen molar-refractivity contribution in [2.75, 3.05) is 5.32 Å². The zero-order valence-electron chi connectivity index (χ0n) is 15.4. The first-order valence-corrected chi connectivity index (χ1v) is 10.8. The number of aryl methyl sites for hydroxylation is 1. The first kappa shape index (κ1) is 21.0. The maximum Gasteiger partial charge on any atom is 0.249 e. The van der Waals surface area contributed by atoms with Gasteiger partial charge in [-0.05, 0) is 49.7 Å². The van der Waals surface area contributed by atoms with Crippen LogP contribution in [0.15, 0.2) is 46.7 Å². The summed E-state index contributed by atoms with van der Waals surface area (Å²) in [6, 6.07) is 9.43. The Morgan fingerprint density at radius 3 is 2.41 bits per heavy atom. The molecule has 0 radical (unpaired) electrons. The van der Waals surface area contributed by atoms with Crippen molar-refractivity contribution >= 4 is 33.0 Å². The molecule has 0 spiro atoms. The van der Waals surface area contributed by atoms with E-state index in [1.165, 1.54) is 6.92 Å². The number of nitrogens with one attached hydrogen (secondary N) is 1. The van der Waals surface area contributed by atoms with Crippen molar-refractivity contribution in [2.45, 2.75) is 24.0 Å². The summed E-state index contributed by atoms with van der Waals surface area (Å²) in [6.45, 7) is 3.10. The number of anilines is 1. The van der Waals surface area contributed by atoms with Gasteiger partial charge in [-0.2, -0.15) is 0 Å². The molecule has 0 aliphatic rings. The normalized spacial score (nSPS) is 12.6.